The van der Waals surface area contributed by atoms with Gasteiger partial charge in [-0.05, 0) is 0 Å². The summed E-state index contributed by atoms with van der Waals surface area (Å²) in [6, 6.07) is 0. The highest BCUT2D eigenvalue weighted by molar-refractivity contribution is 5.84. The van der Waals surface area contributed by atoms with Gasteiger partial charge in [-0.1, -0.05) is 0 Å². The average molecular weight is 237 g/mol. The SMILES string of the molecule is NC(=O)C(O)CNc1nc(N)nc2nc[nH]c12. The summed E-state index contributed by atoms with van der Waals surface area (Å²) in [5, 5.41) is 12.0. The van der Waals surface area contributed by atoms with Gasteiger partial charge in [0.25, 0.3) is 0 Å². The number of aromatic amines is 1. The highest BCUT2D eigenvalue weighted by atomic mass is 16.3. The number of nitrogens with two attached hydrogens (primary N) is 2. The second kappa shape index (κ2) is 4.22. The van der Waals surface area contributed by atoms with Crippen LogP contribution in [0.2, 0.25) is 0 Å². The Morgan fingerprint density at radius 3 is 3.06 bits per heavy atom. The van der Waals surface area contributed by atoms with Crippen molar-refractivity contribution in [2.75, 3.05) is 17.6 Å². The molecule has 2 heterocycles. The molecule has 0 aliphatic carbocycles. The van der Waals surface area contributed by atoms with Gasteiger partial charge in [0.05, 0.1) is 12.9 Å². The molecular weight excluding hydrogens is 226 g/mol. The van der Waals surface area contributed by atoms with Gasteiger partial charge in [0.15, 0.2) is 11.5 Å². The van der Waals surface area contributed by atoms with E-state index in [1.807, 2.05) is 0 Å². The number of fused-ring (bicyclic) bond motifs is 1. The Balaban J connectivity index is 2.23. The third kappa shape index (κ3) is 2.23. The number of carbonyl (C=O) groups excluding carboxylic acids is 1. The number of nitrogens with one attached hydrogen (secondary N) is 2. The minimum absolute atomic E-state index is 0.0423. The van der Waals surface area contributed by atoms with Crippen LogP contribution in [0.15, 0.2) is 6.33 Å². The molecule has 2 rings (SSSR count). The van der Waals surface area contributed by atoms with E-state index in [1.54, 1.807) is 0 Å². The molecule has 1 unspecified atom stereocenters. The number of imidazole rings is 1. The number of aliphatic hydroxyl groups excluding tert-OH is 1. The van der Waals surface area contributed by atoms with E-state index in [2.05, 4.69) is 25.3 Å². The number of hydrogen-bond donors (Lipinski definition) is 5. The van der Waals surface area contributed by atoms with Crippen LogP contribution in [-0.2, 0) is 4.79 Å². The summed E-state index contributed by atoms with van der Waals surface area (Å²) in [6.45, 7) is -0.0695. The van der Waals surface area contributed by atoms with Crippen molar-refractivity contribution in [2.45, 2.75) is 6.10 Å². The molecule has 2 aromatic heterocycles. The molecule has 0 aliphatic heterocycles. The van der Waals surface area contributed by atoms with Gasteiger partial charge in [-0.3, -0.25) is 4.79 Å². The van der Waals surface area contributed by atoms with Crippen molar-refractivity contribution in [3.8, 4) is 0 Å². The Bertz CT molecular complexity index is 552. The molecule has 17 heavy (non-hydrogen) atoms. The molecule has 7 N–H and O–H groups in total. The van der Waals surface area contributed by atoms with Crippen molar-refractivity contribution in [1.82, 2.24) is 19.9 Å². The highest BCUT2D eigenvalue weighted by Crippen LogP contribution is 2.16. The molecule has 0 fully saturated rings. The van der Waals surface area contributed by atoms with Crippen LogP contribution >= 0.6 is 0 Å². The lowest BCUT2D eigenvalue weighted by Crippen LogP contribution is -2.34. The molecule has 0 radical (unpaired) electrons. The zero-order valence-corrected chi connectivity index (χ0v) is 8.71. The fraction of sp³-hybridized carbons (Fsp3) is 0.250. The number of amides is 1. The van der Waals surface area contributed by atoms with Crippen LogP contribution in [0.3, 0.4) is 0 Å². The monoisotopic (exact) mass is 237 g/mol. The predicted molar refractivity (Wildman–Crippen MR) is 59.8 cm³/mol. The highest BCUT2D eigenvalue weighted by Gasteiger charge is 2.13. The third-order valence-electron chi connectivity index (χ3n) is 2.09. The summed E-state index contributed by atoms with van der Waals surface area (Å²) in [5.41, 5.74) is 11.3. The molecule has 0 saturated heterocycles. The Hall–Kier alpha value is -2.42. The molecule has 1 atom stereocenters. The standard InChI is InChI=1S/C8H11N7O2/c9-5(17)3(16)1-11-6-4-7(13-2-12-4)15-8(10)14-6/h2-3,16H,1H2,(H2,9,17)(H4,10,11,12,13,14,15). The maximum absolute atomic E-state index is 10.7. The van der Waals surface area contributed by atoms with Crippen molar-refractivity contribution in [3.63, 3.8) is 0 Å². The lowest BCUT2D eigenvalue weighted by atomic mass is 10.3. The minimum atomic E-state index is -1.30. The molecular formula is C8H11N7O2. The van der Waals surface area contributed by atoms with Crippen LogP contribution in [0, 0.1) is 0 Å². The largest absolute Gasteiger partial charge is 0.381 e. The summed E-state index contributed by atoms with van der Waals surface area (Å²) in [5.74, 6) is -0.425. The average Bonchev–Trinajstić information content (AvgIpc) is 2.72. The Morgan fingerprint density at radius 2 is 2.35 bits per heavy atom. The second-order valence-corrected chi connectivity index (χ2v) is 3.33. The van der Waals surface area contributed by atoms with E-state index in [0.717, 1.165) is 0 Å². The molecule has 0 spiro atoms. The molecule has 9 heteroatoms. The van der Waals surface area contributed by atoms with Gasteiger partial charge in [0, 0.05) is 0 Å². The van der Waals surface area contributed by atoms with Gasteiger partial charge < -0.3 is 26.9 Å². The topological polar surface area (TPSA) is 156 Å². The number of nitrogen functional groups attached to an aromatic ring is 1. The molecule has 0 aliphatic rings. The van der Waals surface area contributed by atoms with Crippen molar-refractivity contribution in [1.29, 1.82) is 0 Å². The lowest BCUT2D eigenvalue weighted by Gasteiger charge is -2.09. The number of H-pyrrole nitrogens is 1. The van der Waals surface area contributed by atoms with Gasteiger partial charge in [0.2, 0.25) is 11.9 Å². The zero-order chi connectivity index (χ0) is 12.4. The van der Waals surface area contributed by atoms with Gasteiger partial charge in [0.1, 0.15) is 11.6 Å². The molecule has 90 valence electrons. The van der Waals surface area contributed by atoms with Crippen LogP contribution in [0.4, 0.5) is 11.8 Å². The predicted octanol–water partition coefficient (Wildman–Crippen LogP) is -1.81. The number of aromatic nitrogens is 4. The maximum atomic E-state index is 10.7. The van der Waals surface area contributed by atoms with Gasteiger partial charge >= 0.3 is 0 Å². The molecule has 1 amide bonds. The first kappa shape index (κ1) is 11.1. The number of hydrogen-bond acceptors (Lipinski definition) is 7. The van der Waals surface area contributed by atoms with Crippen LogP contribution in [0.1, 0.15) is 0 Å². The van der Waals surface area contributed by atoms with E-state index in [0.29, 0.717) is 17.0 Å². The van der Waals surface area contributed by atoms with E-state index >= 15 is 0 Å². The second-order valence-electron chi connectivity index (χ2n) is 3.33. The zero-order valence-electron chi connectivity index (χ0n) is 8.71. The smallest absolute Gasteiger partial charge is 0.248 e. The number of nitrogens with zero attached hydrogens (tertiary/aromatic N) is 3. The minimum Gasteiger partial charge on any atom is -0.381 e. The fourth-order valence-electron chi connectivity index (χ4n) is 1.27. The Labute approximate surface area is 95.3 Å². The number of aliphatic hydroxyl groups is 1. The maximum Gasteiger partial charge on any atom is 0.248 e. The van der Waals surface area contributed by atoms with Crippen LogP contribution in [-0.4, -0.2) is 43.6 Å². The van der Waals surface area contributed by atoms with Crippen molar-refractivity contribution in [3.05, 3.63) is 6.33 Å². The number of rotatable bonds is 4. The van der Waals surface area contributed by atoms with Crippen LogP contribution in [0.5, 0.6) is 0 Å². The van der Waals surface area contributed by atoms with E-state index in [1.165, 1.54) is 6.33 Å². The lowest BCUT2D eigenvalue weighted by molar-refractivity contribution is -0.125. The fourth-order valence-corrected chi connectivity index (χ4v) is 1.27. The van der Waals surface area contributed by atoms with Crippen LogP contribution in [0.25, 0.3) is 11.2 Å². The summed E-state index contributed by atoms with van der Waals surface area (Å²) in [7, 11) is 0. The van der Waals surface area contributed by atoms with Gasteiger partial charge in [-0.2, -0.15) is 9.97 Å². The molecule has 0 aromatic carbocycles. The summed E-state index contributed by atoms with van der Waals surface area (Å²) >= 11 is 0. The first-order valence-electron chi connectivity index (χ1n) is 4.76. The van der Waals surface area contributed by atoms with E-state index in [4.69, 9.17) is 11.5 Å². The number of carbonyl (C=O) groups is 1. The molecule has 2 aromatic rings. The summed E-state index contributed by atoms with van der Waals surface area (Å²) in [6.07, 6.45) is 0.137. The number of primary amides is 1. The number of anilines is 2. The van der Waals surface area contributed by atoms with Crippen molar-refractivity contribution in [2.24, 2.45) is 5.73 Å². The first-order valence-corrected chi connectivity index (χ1v) is 4.76. The van der Waals surface area contributed by atoms with E-state index in [-0.39, 0.29) is 12.5 Å². The normalized spacial score (nSPS) is 12.5. The Kier molecular flexibility index (Phi) is 2.75. The van der Waals surface area contributed by atoms with E-state index in [9.17, 15) is 9.90 Å². The Morgan fingerprint density at radius 1 is 1.59 bits per heavy atom. The van der Waals surface area contributed by atoms with E-state index < -0.39 is 12.0 Å². The summed E-state index contributed by atoms with van der Waals surface area (Å²) in [4.78, 5) is 25.2. The first-order chi connectivity index (χ1) is 8.08. The van der Waals surface area contributed by atoms with Crippen molar-refractivity contribution >= 4 is 28.8 Å². The van der Waals surface area contributed by atoms with Crippen LogP contribution < -0.4 is 16.8 Å². The van der Waals surface area contributed by atoms with Gasteiger partial charge in [-0.15, -0.1) is 0 Å². The van der Waals surface area contributed by atoms with Crippen molar-refractivity contribution < 1.29 is 9.90 Å². The molecule has 9 nitrogen and oxygen atoms in total. The molecule has 0 saturated carbocycles. The third-order valence-corrected chi connectivity index (χ3v) is 2.09. The quantitative estimate of drug-likeness (QED) is 0.419. The van der Waals surface area contributed by atoms with Gasteiger partial charge in [-0.25, -0.2) is 4.98 Å². The molecule has 0 bridgehead atoms. The summed E-state index contributed by atoms with van der Waals surface area (Å²) < 4.78 is 0.